The molecule has 1 aliphatic carbocycles. The average molecular weight is 253 g/mol. The lowest BCUT2D eigenvalue weighted by atomic mass is 10.2. The predicted octanol–water partition coefficient (Wildman–Crippen LogP) is 1.15. The Kier molecular flexibility index (Phi) is 4.24. The van der Waals surface area contributed by atoms with E-state index in [1.807, 2.05) is 6.92 Å². The average Bonchev–Trinajstić information content (AvgIpc) is 2.95. The van der Waals surface area contributed by atoms with Crippen molar-refractivity contribution in [3.63, 3.8) is 0 Å². The Morgan fingerprint density at radius 3 is 2.89 bits per heavy atom. The summed E-state index contributed by atoms with van der Waals surface area (Å²) in [5, 5.41) is 3.07. The second-order valence-corrected chi connectivity index (χ2v) is 5.21. The Morgan fingerprint density at radius 2 is 2.22 bits per heavy atom. The number of ether oxygens (including phenoxy) is 2. The van der Waals surface area contributed by atoms with Crippen LogP contribution in [0.5, 0.6) is 0 Å². The van der Waals surface area contributed by atoms with Gasteiger partial charge in [-0.1, -0.05) is 12.2 Å². The maximum absolute atomic E-state index is 5.97. The molecule has 5 nitrogen and oxygen atoms in total. The van der Waals surface area contributed by atoms with Gasteiger partial charge in [-0.2, -0.15) is 0 Å². The summed E-state index contributed by atoms with van der Waals surface area (Å²) in [6.07, 6.45) is 4.50. The van der Waals surface area contributed by atoms with Gasteiger partial charge in [0.05, 0.1) is 13.2 Å². The molecule has 3 N–H and O–H groups in total. The Labute approximate surface area is 108 Å². The van der Waals surface area contributed by atoms with E-state index in [-0.39, 0.29) is 11.9 Å². The molecule has 1 atom stereocenters. The van der Waals surface area contributed by atoms with Crippen molar-refractivity contribution < 1.29 is 9.47 Å². The van der Waals surface area contributed by atoms with Gasteiger partial charge in [0.25, 0.3) is 0 Å². The lowest BCUT2D eigenvalue weighted by Crippen LogP contribution is -2.39. The van der Waals surface area contributed by atoms with E-state index in [9.17, 15) is 0 Å². The molecule has 1 spiro atoms. The summed E-state index contributed by atoms with van der Waals surface area (Å²) in [5.74, 6) is 0.143. The third-order valence-electron chi connectivity index (χ3n) is 3.31. The van der Waals surface area contributed by atoms with Crippen molar-refractivity contribution >= 4 is 5.96 Å². The Bertz CT molecular complexity index is 335. The molecular formula is C13H23N3O2. The van der Waals surface area contributed by atoms with E-state index in [0.717, 1.165) is 18.4 Å². The largest absolute Gasteiger partial charge is 0.370 e. The Morgan fingerprint density at radius 1 is 1.50 bits per heavy atom. The third-order valence-corrected chi connectivity index (χ3v) is 3.31. The summed E-state index contributed by atoms with van der Waals surface area (Å²) in [7, 11) is 0. The number of hydrogen-bond donors (Lipinski definition) is 2. The van der Waals surface area contributed by atoms with Crippen LogP contribution < -0.4 is 11.1 Å². The molecule has 0 bridgehead atoms. The molecular weight excluding hydrogens is 230 g/mol. The molecule has 0 aromatic carbocycles. The molecule has 1 saturated heterocycles. The lowest BCUT2D eigenvalue weighted by molar-refractivity contribution is -0.160. The van der Waals surface area contributed by atoms with Crippen molar-refractivity contribution in [1.29, 1.82) is 0 Å². The maximum Gasteiger partial charge on any atom is 0.188 e. The monoisotopic (exact) mass is 253 g/mol. The minimum atomic E-state index is -0.296. The van der Waals surface area contributed by atoms with Gasteiger partial charge in [-0.05, 0) is 19.8 Å². The standard InChI is InChI=1S/C13H23N3O2/c1-10(2)7-15-12(14)16-8-11-9-17-13(18-11)5-3-4-6-13/h11H,1,3-9H2,2H3,(H3,14,15,16). The predicted molar refractivity (Wildman–Crippen MR) is 71.3 cm³/mol. The van der Waals surface area contributed by atoms with E-state index in [0.29, 0.717) is 25.7 Å². The van der Waals surface area contributed by atoms with Crippen LogP contribution >= 0.6 is 0 Å². The molecule has 1 unspecified atom stereocenters. The fourth-order valence-electron chi connectivity index (χ4n) is 2.39. The lowest BCUT2D eigenvalue weighted by Gasteiger charge is -2.22. The molecule has 0 radical (unpaired) electrons. The van der Waals surface area contributed by atoms with Crippen LogP contribution in [0.1, 0.15) is 32.6 Å². The molecule has 2 fully saturated rings. The number of nitrogens with one attached hydrogen (secondary N) is 1. The van der Waals surface area contributed by atoms with Gasteiger partial charge in [0.2, 0.25) is 0 Å². The molecule has 18 heavy (non-hydrogen) atoms. The number of guanidine groups is 1. The maximum atomic E-state index is 5.97. The third kappa shape index (κ3) is 3.46. The molecule has 1 heterocycles. The SMILES string of the molecule is C=C(C)CN=C(N)NCC1COC2(CCCC2)O1. The highest BCUT2D eigenvalue weighted by molar-refractivity contribution is 5.77. The molecule has 2 aliphatic rings. The zero-order chi connectivity index (χ0) is 13.0. The first kappa shape index (κ1) is 13.4. The first-order valence-electron chi connectivity index (χ1n) is 6.60. The van der Waals surface area contributed by atoms with Crippen molar-refractivity contribution in [3.8, 4) is 0 Å². The minimum absolute atomic E-state index is 0.0710. The number of hydrogen-bond acceptors (Lipinski definition) is 3. The van der Waals surface area contributed by atoms with E-state index in [4.69, 9.17) is 15.2 Å². The second-order valence-electron chi connectivity index (χ2n) is 5.21. The highest BCUT2D eigenvalue weighted by Crippen LogP contribution is 2.38. The first-order chi connectivity index (χ1) is 8.60. The van der Waals surface area contributed by atoms with Gasteiger partial charge in [-0.3, -0.25) is 0 Å². The van der Waals surface area contributed by atoms with Crippen LogP contribution in [0, 0.1) is 0 Å². The van der Waals surface area contributed by atoms with Crippen molar-refractivity contribution in [1.82, 2.24) is 5.32 Å². The van der Waals surface area contributed by atoms with Gasteiger partial charge in [0.1, 0.15) is 6.10 Å². The van der Waals surface area contributed by atoms with E-state index >= 15 is 0 Å². The van der Waals surface area contributed by atoms with Crippen molar-refractivity contribution in [3.05, 3.63) is 12.2 Å². The van der Waals surface area contributed by atoms with Crippen molar-refractivity contribution in [2.24, 2.45) is 10.7 Å². The number of nitrogens with two attached hydrogens (primary N) is 1. The van der Waals surface area contributed by atoms with E-state index < -0.39 is 0 Å². The van der Waals surface area contributed by atoms with Crippen LogP contribution in [0.4, 0.5) is 0 Å². The zero-order valence-electron chi connectivity index (χ0n) is 11.1. The van der Waals surface area contributed by atoms with E-state index in [1.165, 1.54) is 12.8 Å². The van der Waals surface area contributed by atoms with Gasteiger partial charge >= 0.3 is 0 Å². The quantitative estimate of drug-likeness (QED) is 0.448. The number of nitrogens with zero attached hydrogens (tertiary/aromatic N) is 1. The highest BCUT2D eigenvalue weighted by Gasteiger charge is 2.43. The molecule has 1 saturated carbocycles. The Hall–Kier alpha value is -1.07. The highest BCUT2D eigenvalue weighted by atomic mass is 16.7. The van der Waals surface area contributed by atoms with Gasteiger partial charge in [-0.25, -0.2) is 4.99 Å². The van der Waals surface area contributed by atoms with Gasteiger partial charge in [0.15, 0.2) is 11.7 Å². The topological polar surface area (TPSA) is 68.9 Å². The minimum Gasteiger partial charge on any atom is -0.370 e. The molecule has 0 amide bonds. The van der Waals surface area contributed by atoms with E-state index in [1.54, 1.807) is 0 Å². The van der Waals surface area contributed by atoms with Crippen LogP contribution in [0.15, 0.2) is 17.1 Å². The van der Waals surface area contributed by atoms with Crippen LogP contribution in [-0.2, 0) is 9.47 Å². The number of aliphatic imine (C=N–C) groups is 1. The van der Waals surface area contributed by atoms with Crippen molar-refractivity contribution in [2.75, 3.05) is 19.7 Å². The smallest absolute Gasteiger partial charge is 0.188 e. The summed E-state index contributed by atoms with van der Waals surface area (Å²) in [6.45, 7) is 7.55. The first-order valence-corrected chi connectivity index (χ1v) is 6.60. The van der Waals surface area contributed by atoms with E-state index in [2.05, 4.69) is 16.9 Å². The Balaban J connectivity index is 1.71. The molecule has 2 rings (SSSR count). The summed E-state index contributed by atoms with van der Waals surface area (Å²) >= 11 is 0. The van der Waals surface area contributed by atoms with Gasteiger partial charge < -0.3 is 20.5 Å². The van der Waals surface area contributed by atoms with Gasteiger partial charge in [-0.15, -0.1) is 0 Å². The molecule has 0 aromatic heterocycles. The molecule has 102 valence electrons. The van der Waals surface area contributed by atoms with Crippen molar-refractivity contribution in [2.45, 2.75) is 44.5 Å². The van der Waals surface area contributed by atoms with Crippen LogP contribution in [0.25, 0.3) is 0 Å². The zero-order valence-corrected chi connectivity index (χ0v) is 11.1. The molecule has 5 heteroatoms. The summed E-state index contributed by atoms with van der Waals surface area (Å²) in [4.78, 5) is 4.16. The fourth-order valence-corrected chi connectivity index (χ4v) is 2.39. The summed E-state index contributed by atoms with van der Waals surface area (Å²) < 4.78 is 11.8. The summed E-state index contributed by atoms with van der Waals surface area (Å²) in [6, 6.07) is 0. The normalized spacial score (nSPS) is 26.7. The molecule has 0 aromatic rings. The van der Waals surface area contributed by atoms with Gasteiger partial charge in [0, 0.05) is 19.4 Å². The second kappa shape index (κ2) is 5.71. The van der Waals surface area contributed by atoms with Crippen LogP contribution in [-0.4, -0.2) is 37.5 Å². The van der Waals surface area contributed by atoms with Crippen LogP contribution in [0.3, 0.4) is 0 Å². The fraction of sp³-hybridized carbons (Fsp3) is 0.769. The molecule has 1 aliphatic heterocycles. The number of rotatable bonds is 4. The van der Waals surface area contributed by atoms with Crippen LogP contribution in [0.2, 0.25) is 0 Å². The summed E-state index contributed by atoms with van der Waals surface area (Å²) in [5.41, 5.74) is 6.74.